The first-order valence-electron chi connectivity index (χ1n) is 8.67. The lowest BCUT2D eigenvalue weighted by molar-refractivity contribution is -0.187. The van der Waals surface area contributed by atoms with Crippen molar-refractivity contribution in [3.8, 4) is 0 Å². The first kappa shape index (κ1) is 20.6. The number of ether oxygens (including phenoxy) is 2. The third kappa shape index (κ3) is 3.47. The fourth-order valence-electron chi connectivity index (χ4n) is 3.84. The van der Waals surface area contributed by atoms with Gasteiger partial charge in [-0.1, -0.05) is 13.8 Å². The van der Waals surface area contributed by atoms with E-state index in [9.17, 15) is 4.79 Å². The van der Waals surface area contributed by atoms with Gasteiger partial charge in [-0.25, -0.2) is 0 Å². The summed E-state index contributed by atoms with van der Waals surface area (Å²) < 4.78 is 11.8. The molecule has 142 valence electrons. The van der Waals surface area contributed by atoms with Gasteiger partial charge in [0, 0.05) is 25.0 Å². The largest absolute Gasteiger partial charge is 0.378 e. The van der Waals surface area contributed by atoms with E-state index in [4.69, 9.17) is 15.2 Å². The average Bonchev–Trinajstić information content (AvgIpc) is 3.07. The summed E-state index contributed by atoms with van der Waals surface area (Å²) in [5, 5.41) is 4.12. The van der Waals surface area contributed by atoms with Crippen LogP contribution < -0.4 is 5.73 Å². The molecule has 1 aromatic heterocycles. The molecule has 2 N–H and O–H groups in total. The molecule has 4 atom stereocenters. The Bertz CT molecular complexity index is 595. The van der Waals surface area contributed by atoms with E-state index in [0.717, 1.165) is 5.56 Å². The van der Waals surface area contributed by atoms with Gasteiger partial charge in [-0.15, -0.1) is 12.4 Å². The Morgan fingerprint density at radius 1 is 1.48 bits per heavy atom. The van der Waals surface area contributed by atoms with Gasteiger partial charge in [0.05, 0.1) is 18.8 Å². The fourth-order valence-corrected chi connectivity index (χ4v) is 4.54. The molecule has 5 nitrogen and oxygen atoms in total. The lowest BCUT2D eigenvalue weighted by Gasteiger charge is -2.59. The van der Waals surface area contributed by atoms with Crippen LogP contribution >= 0.6 is 23.7 Å². The van der Waals surface area contributed by atoms with Crippen LogP contribution in [-0.2, 0) is 14.3 Å². The second-order valence-electron chi connectivity index (χ2n) is 7.54. The molecular weight excluding hydrogens is 360 g/mol. The highest BCUT2D eigenvalue weighted by Gasteiger charge is 2.64. The predicted molar refractivity (Wildman–Crippen MR) is 102 cm³/mol. The van der Waals surface area contributed by atoms with Gasteiger partial charge in [-0.3, -0.25) is 4.79 Å². The zero-order valence-electron chi connectivity index (χ0n) is 15.4. The number of morpholine rings is 1. The van der Waals surface area contributed by atoms with E-state index in [0.29, 0.717) is 26.1 Å². The van der Waals surface area contributed by atoms with Crippen molar-refractivity contribution in [2.24, 2.45) is 11.1 Å². The Labute approximate surface area is 160 Å². The molecule has 0 aromatic carbocycles. The molecule has 0 spiro atoms. The molecule has 1 aromatic rings. The van der Waals surface area contributed by atoms with Gasteiger partial charge in [-0.05, 0) is 36.2 Å². The number of carbonyl (C=O) groups excluding carboxylic acids is 1. The number of hydrogen-bond acceptors (Lipinski definition) is 5. The van der Waals surface area contributed by atoms with Crippen molar-refractivity contribution >= 4 is 29.7 Å². The molecule has 2 aliphatic rings. The summed E-state index contributed by atoms with van der Waals surface area (Å²) in [5.74, 6) is 0.0267. The minimum atomic E-state index is -0.858. The summed E-state index contributed by atoms with van der Waals surface area (Å²) in [6.45, 7) is 9.86. The molecule has 0 bridgehead atoms. The van der Waals surface area contributed by atoms with E-state index in [-0.39, 0.29) is 42.0 Å². The highest BCUT2D eigenvalue weighted by molar-refractivity contribution is 7.07. The average molecular weight is 389 g/mol. The Balaban J connectivity index is 0.00000225. The third-order valence-electron chi connectivity index (χ3n) is 5.67. The summed E-state index contributed by atoms with van der Waals surface area (Å²) in [7, 11) is 0. The summed E-state index contributed by atoms with van der Waals surface area (Å²) in [6.07, 6.45) is 0.560. The molecule has 25 heavy (non-hydrogen) atoms. The minimum absolute atomic E-state index is 0. The first-order valence-corrected chi connectivity index (χ1v) is 9.61. The second-order valence-corrected chi connectivity index (χ2v) is 8.32. The summed E-state index contributed by atoms with van der Waals surface area (Å²) in [5.41, 5.74) is 6.49. The van der Waals surface area contributed by atoms with E-state index < -0.39 is 5.54 Å². The van der Waals surface area contributed by atoms with Crippen molar-refractivity contribution in [1.29, 1.82) is 0 Å². The Morgan fingerprint density at radius 3 is 2.76 bits per heavy atom. The molecule has 2 heterocycles. The van der Waals surface area contributed by atoms with Crippen molar-refractivity contribution in [2.45, 2.75) is 58.0 Å². The van der Waals surface area contributed by atoms with Gasteiger partial charge >= 0.3 is 0 Å². The number of thiophene rings is 1. The van der Waals surface area contributed by atoms with Crippen molar-refractivity contribution < 1.29 is 14.3 Å². The normalized spacial score (nSPS) is 34.1. The predicted octanol–water partition coefficient (Wildman–Crippen LogP) is 2.99. The molecular formula is C18H29ClN2O3S. The number of halogens is 1. The molecule has 3 rings (SSSR count). The molecule has 4 unspecified atom stereocenters. The van der Waals surface area contributed by atoms with Crippen LogP contribution in [0.1, 0.15) is 45.8 Å². The van der Waals surface area contributed by atoms with Crippen LogP contribution in [-0.4, -0.2) is 48.3 Å². The van der Waals surface area contributed by atoms with Gasteiger partial charge in [-0.2, -0.15) is 11.3 Å². The highest BCUT2D eigenvalue weighted by atomic mass is 35.5. The molecule has 7 heteroatoms. The quantitative estimate of drug-likeness (QED) is 0.861. The van der Waals surface area contributed by atoms with Crippen LogP contribution in [0.4, 0.5) is 0 Å². The SMILES string of the molecule is CCOC1CC(N)(C(=O)N2CC(C)OC(c3ccsc3)C2)C1(C)C.Cl. The molecule has 2 fully saturated rings. The Morgan fingerprint density at radius 2 is 2.20 bits per heavy atom. The van der Waals surface area contributed by atoms with E-state index >= 15 is 0 Å². The van der Waals surface area contributed by atoms with Crippen LogP contribution in [0, 0.1) is 5.41 Å². The second kappa shape index (κ2) is 7.53. The molecule has 1 amide bonds. The van der Waals surface area contributed by atoms with Crippen molar-refractivity contribution in [3.05, 3.63) is 22.4 Å². The van der Waals surface area contributed by atoms with Crippen LogP contribution in [0.25, 0.3) is 0 Å². The lowest BCUT2D eigenvalue weighted by atomic mass is 9.54. The van der Waals surface area contributed by atoms with Crippen LogP contribution in [0.5, 0.6) is 0 Å². The standard InChI is InChI=1S/C18H28N2O3S.ClH/c1-5-22-15-8-18(19,17(15,3)4)16(21)20-9-12(2)23-14(10-20)13-6-7-24-11-13;/h6-7,11-12,14-15H,5,8-10,19H2,1-4H3;1H. The minimum Gasteiger partial charge on any atom is -0.378 e. The van der Waals surface area contributed by atoms with Gasteiger partial charge < -0.3 is 20.1 Å². The zero-order chi connectivity index (χ0) is 17.5. The Hall–Kier alpha value is -0.660. The van der Waals surface area contributed by atoms with Crippen LogP contribution in [0.2, 0.25) is 0 Å². The maximum Gasteiger partial charge on any atom is 0.243 e. The number of nitrogens with zero attached hydrogens (tertiary/aromatic N) is 1. The fraction of sp³-hybridized carbons (Fsp3) is 0.722. The number of nitrogens with two attached hydrogens (primary N) is 1. The highest BCUT2D eigenvalue weighted by Crippen LogP contribution is 2.51. The van der Waals surface area contributed by atoms with E-state index in [2.05, 4.69) is 11.4 Å². The van der Waals surface area contributed by atoms with E-state index in [1.165, 1.54) is 0 Å². The molecule has 1 saturated heterocycles. The van der Waals surface area contributed by atoms with Gasteiger partial charge in [0.25, 0.3) is 0 Å². The van der Waals surface area contributed by atoms with E-state index in [1.54, 1.807) is 11.3 Å². The maximum atomic E-state index is 13.2. The number of carbonyl (C=O) groups is 1. The molecule has 1 saturated carbocycles. The summed E-state index contributed by atoms with van der Waals surface area (Å²) >= 11 is 1.65. The smallest absolute Gasteiger partial charge is 0.243 e. The molecule has 0 radical (unpaired) electrons. The summed E-state index contributed by atoms with van der Waals surface area (Å²) in [6, 6.07) is 2.06. The first-order chi connectivity index (χ1) is 11.3. The zero-order valence-corrected chi connectivity index (χ0v) is 17.0. The van der Waals surface area contributed by atoms with Gasteiger partial charge in [0.15, 0.2) is 0 Å². The van der Waals surface area contributed by atoms with Crippen molar-refractivity contribution in [2.75, 3.05) is 19.7 Å². The maximum absolute atomic E-state index is 13.2. The monoisotopic (exact) mass is 388 g/mol. The van der Waals surface area contributed by atoms with Crippen LogP contribution in [0.3, 0.4) is 0 Å². The lowest BCUT2D eigenvalue weighted by Crippen LogP contribution is -2.76. The summed E-state index contributed by atoms with van der Waals surface area (Å²) in [4.78, 5) is 15.1. The van der Waals surface area contributed by atoms with Crippen molar-refractivity contribution in [3.63, 3.8) is 0 Å². The van der Waals surface area contributed by atoms with Gasteiger partial charge in [0.2, 0.25) is 5.91 Å². The number of hydrogen-bond donors (Lipinski definition) is 1. The van der Waals surface area contributed by atoms with Crippen LogP contribution in [0.15, 0.2) is 16.8 Å². The van der Waals surface area contributed by atoms with E-state index in [1.807, 2.05) is 38.0 Å². The third-order valence-corrected chi connectivity index (χ3v) is 6.38. The van der Waals surface area contributed by atoms with Crippen molar-refractivity contribution in [1.82, 2.24) is 4.90 Å². The number of rotatable bonds is 4. The van der Waals surface area contributed by atoms with Gasteiger partial charge in [0.1, 0.15) is 11.6 Å². The topological polar surface area (TPSA) is 64.8 Å². The molecule has 1 aliphatic carbocycles. The number of amides is 1. The molecule has 1 aliphatic heterocycles. The Kier molecular flexibility index (Phi) is 6.22.